The van der Waals surface area contributed by atoms with Gasteiger partial charge in [-0.05, 0) is 17.7 Å². The van der Waals surface area contributed by atoms with E-state index in [1.807, 2.05) is 0 Å². The molecule has 0 spiro atoms. The highest BCUT2D eigenvalue weighted by molar-refractivity contribution is 8.01. The predicted octanol–water partition coefficient (Wildman–Crippen LogP) is 3.79. The molecule has 0 aliphatic carbocycles. The first-order chi connectivity index (χ1) is 10.1. The lowest BCUT2D eigenvalue weighted by atomic mass is 10.1. The first kappa shape index (κ1) is 15.9. The molecule has 1 aromatic heterocycles. The monoisotopic (exact) mass is 343 g/mol. The summed E-state index contributed by atoms with van der Waals surface area (Å²) in [6.45, 7) is 3.61. The fraction of sp³-hybridized carbons (Fsp3) is 0.154. The van der Waals surface area contributed by atoms with Crippen molar-refractivity contribution < 1.29 is 9.18 Å². The maximum Gasteiger partial charge on any atom is 0.230 e. The van der Waals surface area contributed by atoms with Crippen LogP contribution in [0.1, 0.15) is 5.56 Å². The van der Waals surface area contributed by atoms with Crippen molar-refractivity contribution in [1.29, 1.82) is 0 Å². The largest absolute Gasteiger partial charge is 0.300 e. The number of rotatable bonds is 6. The molecule has 0 aliphatic rings. The van der Waals surface area contributed by atoms with E-state index >= 15 is 0 Å². The summed E-state index contributed by atoms with van der Waals surface area (Å²) >= 11 is 8.40. The van der Waals surface area contributed by atoms with E-state index in [2.05, 4.69) is 22.1 Å². The van der Waals surface area contributed by atoms with Gasteiger partial charge >= 0.3 is 0 Å². The molecule has 110 valence electrons. The van der Waals surface area contributed by atoms with Crippen molar-refractivity contribution in [2.24, 2.45) is 0 Å². The maximum atomic E-state index is 13.6. The van der Waals surface area contributed by atoms with Crippen molar-refractivity contribution in [2.45, 2.75) is 10.8 Å². The minimum atomic E-state index is -0.503. The molecule has 0 aliphatic heterocycles. The molecule has 4 nitrogen and oxygen atoms in total. The summed E-state index contributed by atoms with van der Waals surface area (Å²) in [4.78, 5) is 11.8. The molecule has 2 rings (SSSR count). The zero-order valence-electron chi connectivity index (χ0n) is 10.8. The van der Waals surface area contributed by atoms with Crippen molar-refractivity contribution >= 4 is 45.7 Å². The zero-order chi connectivity index (χ0) is 15.2. The predicted molar refractivity (Wildman–Crippen MR) is 84.6 cm³/mol. The van der Waals surface area contributed by atoms with Gasteiger partial charge in [-0.25, -0.2) is 4.39 Å². The Balaban J connectivity index is 1.95. The van der Waals surface area contributed by atoms with E-state index in [1.54, 1.807) is 12.1 Å². The first-order valence-corrected chi connectivity index (χ1v) is 8.07. The molecule has 2 aromatic rings. The van der Waals surface area contributed by atoms with Gasteiger partial charge in [0.05, 0.1) is 6.42 Å². The van der Waals surface area contributed by atoms with E-state index in [-0.39, 0.29) is 17.9 Å². The second-order valence-electron chi connectivity index (χ2n) is 3.93. The van der Waals surface area contributed by atoms with Gasteiger partial charge in [0.2, 0.25) is 11.0 Å². The molecule has 0 radical (unpaired) electrons. The fourth-order valence-corrected chi connectivity index (χ4v) is 3.14. The molecule has 0 saturated heterocycles. The van der Waals surface area contributed by atoms with Crippen LogP contribution in [0.15, 0.2) is 35.2 Å². The van der Waals surface area contributed by atoms with Crippen molar-refractivity contribution in [1.82, 2.24) is 10.2 Å². The minimum Gasteiger partial charge on any atom is -0.300 e. The average Bonchev–Trinajstić information content (AvgIpc) is 2.87. The number of anilines is 1. The Labute approximate surface area is 134 Å². The van der Waals surface area contributed by atoms with Crippen molar-refractivity contribution in [3.05, 3.63) is 47.3 Å². The van der Waals surface area contributed by atoms with Crippen LogP contribution in [0.25, 0.3) is 0 Å². The number of aromatic nitrogens is 2. The third kappa shape index (κ3) is 4.80. The number of hydrogen-bond donors (Lipinski definition) is 1. The van der Waals surface area contributed by atoms with Crippen LogP contribution in [0.4, 0.5) is 9.52 Å². The van der Waals surface area contributed by atoms with Crippen LogP contribution < -0.4 is 5.32 Å². The number of carbonyl (C=O) groups is 1. The summed E-state index contributed by atoms with van der Waals surface area (Å²) in [5.41, 5.74) is 0.280. The molecule has 8 heteroatoms. The van der Waals surface area contributed by atoms with Crippen LogP contribution in [0, 0.1) is 5.82 Å². The topological polar surface area (TPSA) is 54.9 Å². The lowest BCUT2D eigenvalue weighted by molar-refractivity contribution is -0.115. The maximum absolute atomic E-state index is 13.6. The fourth-order valence-electron chi connectivity index (χ4n) is 1.45. The van der Waals surface area contributed by atoms with Gasteiger partial charge in [-0.15, -0.1) is 16.8 Å². The lowest BCUT2D eigenvalue weighted by Crippen LogP contribution is -2.15. The Kier molecular flexibility index (Phi) is 5.72. The highest BCUT2D eigenvalue weighted by atomic mass is 35.5. The molecule has 0 fully saturated rings. The molecule has 1 amide bonds. The standard InChI is InChI=1S/C13H11ClFN3OS2/c1-2-5-20-13-18-17-12(21-13)16-11(19)6-8-3-4-9(14)7-10(8)15/h2-4,7H,1,5-6H2,(H,16,17,19). The van der Waals surface area contributed by atoms with Crippen LogP contribution in [0.5, 0.6) is 0 Å². The van der Waals surface area contributed by atoms with Crippen LogP contribution in [0.3, 0.4) is 0 Å². The SMILES string of the molecule is C=CCSc1nnc(NC(=O)Cc2ccc(Cl)cc2F)s1. The number of halogens is 2. The molecule has 21 heavy (non-hydrogen) atoms. The summed E-state index contributed by atoms with van der Waals surface area (Å²) in [6, 6.07) is 4.21. The molecule has 0 unspecified atom stereocenters. The second-order valence-corrected chi connectivity index (χ2v) is 6.61. The molecule has 0 saturated carbocycles. The first-order valence-electron chi connectivity index (χ1n) is 5.89. The van der Waals surface area contributed by atoms with Gasteiger partial charge in [0.15, 0.2) is 4.34 Å². The highest BCUT2D eigenvalue weighted by Gasteiger charge is 2.11. The van der Waals surface area contributed by atoms with Crippen LogP contribution >= 0.6 is 34.7 Å². The smallest absolute Gasteiger partial charge is 0.230 e. The summed E-state index contributed by atoms with van der Waals surface area (Å²) in [5, 5.41) is 11.1. The normalized spacial score (nSPS) is 10.4. The Morgan fingerprint density at radius 1 is 1.52 bits per heavy atom. The quantitative estimate of drug-likeness (QED) is 0.492. The molecule has 0 bridgehead atoms. The van der Waals surface area contributed by atoms with Crippen molar-refractivity contribution in [3.8, 4) is 0 Å². The second kappa shape index (κ2) is 7.53. The zero-order valence-corrected chi connectivity index (χ0v) is 13.2. The molecule has 1 N–H and O–H groups in total. The van der Waals surface area contributed by atoms with Gasteiger partial charge in [-0.1, -0.05) is 46.8 Å². The van der Waals surface area contributed by atoms with Crippen LogP contribution in [-0.2, 0) is 11.2 Å². The van der Waals surface area contributed by atoms with E-state index in [4.69, 9.17) is 11.6 Å². The van der Waals surface area contributed by atoms with Crippen LogP contribution in [0.2, 0.25) is 5.02 Å². The van der Waals surface area contributed by atoms with Gasteiger partial charge < -0.3 is 5.32 Å². The van der Waals surface area contributed by atoms with E-state index < -0.39 is 5.82 Å². The van der Waals surface area contributed by atoms with Gasteiger partial charge in [0.25, 0.3) is 0 Å². The summed E-state index contributed by atoms with van der Waals surface area (Å²) in [7, 11) is 0. The van der Waals surface area contributed by atoms with E-state index in [0.717, 1.165) is 10.1 Å². The highest BCUT2D eigenvalue weighted by Crippen LogP contribution is 2.25. The Morgan fingerprint density at radius 2 is 2.33 bits per heavy atom. The Bertz CT molecular complexity index is 663. The number of amides is 1. The Morgan fingerprint density at radius 3 is 3.05 bits per heavy atom. The van der Waals surface area contributed by atoms with Crippen LogP contribution in [-0.4, -0.2) is 21.9 Å². The van der Waals surface area contributed by atoms with Gasteiger partial charge in [0.1, 0.15) is 5.82 Å². The van der Waals surface area contributed by atoms with E-state index in [1.165, 1.54) is 35.2 Å². The number of carbonyl (C=O) groups excluding carboxylic acids is 1. The number of nitrogens with zero attached hydrogens (tertiary/aromatic N) is 2. The van der Waals surface area contributed by atoms with E-state index in [9.17, 15) is 9.18 Å². The van der Waals surface area contributed by atoms with Gasteiger partial charge in [-0.3, -0.25) is 4.79 Å². The van der Waals surface area contributed by atoms with Crippen molar-refractivity contribution in [3.63, 3.8) is 0 Å². The molecule has 1 aromatic carbocycles. The Hall–Kier alpha value is -1.44. The summed E-state index contributed by atoms with van der Waals surface area (Å²) in [5.74, 6) is -0.136. The third-order valence-corrected chi connectivity index (χ3v) is 4.55. The minimum absolute atomic E-state index is 0.0856. The summed E-state index contributed by atoms with van der Waals surface area (Å²) < 4.78 is 14.3. The number of hydrogen-bond acceptors (Lipinski definition) is 5. The van der Waals surface area contributed by atoms with Gasteiger partial charge in [0, 0.05) is 10.8 Å². The molecule has 1 heterocycles. The molecular weight excluding hydrogens is 333 g/mol. The number of thioether (sulfide) groups is 1. The lowest BCUT2D eigenvalue weighted by Gasteiger charge is -2.03. The number of benzene rings is 1. The van der Waals surface area contributed by atoms with E-state index in [0.29, 0.717) is 10.2 Å². The van der Waals surface area contributed by atoms with Gasteiger partial charge in [-0.2, -0.15) is 0 Å². The summed E-state index contributed by atoms with van der Waals surface area (Å²) in [6.07, 6.45) is 1.67. The van der Waals surface area contributed by atoms with Crippen molar-refractivity contribution in [2.75, 3.05) is 11.1 Å². The number of nitrogens with one attached hydrogen (secondary N) is 1. The molecule has 0 atom stereocenters. The third-order valence-electron chi connectivity index (χ3n) is 2.34. The molecular formula is C13H11ClFN3OS2. The average molecular weight is 344 g/mol.